The number of nitrogens with zero attached hydrogens (tertiary/aromatic N) is 2. The van der Waals surface area contributed by atoms with Gasteiger partial charge in [0.2, 0.25) is 0 Å². The van der Waals surface area contributed by atoms with Gasteiger partial charge in [0.25, 0.3) is 0 Å². The van der Waals surface area contributed by atoms with Crippen molar-refractivity contribution in [2.75, 3.05) is 32.1 Å². The number of hydrogen-bond donors (Lipinski definition) is 1. The summed E-state index contributed by atoms with van der Waals surface area (Å²) in [5, 5.41) is 3.30. The molecule has 1 aromatic heterocycles. The van der Waals surface area contributed by atoms with Crippen LogP contribution in [0.25, 0.3) is 0 Å². The van der Waals surface area contributed by atoms with E-state index in [2.05, 4.69) is 22.1 Å². The normalized spacial score (nSPS) is 17.2. The number of hydrogen-bond acceptors (Lipinski definition) is 5. The van der Waals surface area contributed by atoms with Crippen molar-refractivity contribution in [3.63, 3.8) is 0 Å². The Kier molecular flexibility index (Phi) is 4.74. The zero-order valence-corrected chi connectivity index (χ0v) is 11.6. The highest BCUT2D eigenvalue weighted by atomic mass is 16.5. The zero-order valence-electron chi connectivity index (χ0n) is 11.6. The summed E-state index contributed by atoms with van der Waals surface area (Å²) < 4.78 is 4.76. The Bertz CT molecular complexity index is 430. The first-order valence-corrected chi connectivity index (χ1v) is 6.73. The van der Waals surface area contributed by atoms with E-state index in [0.29, 0.717) is 11.4 Å². The number of nitrogens with one attached hydrogen (secondary N) is 1. The van der Waals surface area contributed by atoms with Crippen molar-refractivity contribution >= 4 is 11.8 Å². The molecule has 0 aromatic carbocycles. The second-order valence-corrected chi connectivity index (χ2v) is 4.94. The number of pyridine rings is 1. The van der Waals surface area contributed by atoms with Gasteiger partial charge in [-0.05, 0) is 45.0 Å². The van der Waals surface area contributed by atoms with Gasteiger partial charge in [-0.25, -0.2) is 9.78 Å². The van der Waals surface area contributed by atoms with Crippen LogP contribution in [0.5, 0.6) is 0 Å². The standard InChI is InChI=1S/C14H21N3O2/c1-11(10-17-8-3-4-9-17)16-13-12(14(18)19-2)6-5-7-15-13/h5-7,11H,3-4,8-10H2,1-2H3,(H,15,16). The maximum atomic E-state index is 11.6. The molecule has 0 aliphatic carbocycles. The first kappa shape index (κ1) is 13.8. The molecule has 1 fully saturated rings. The van der Waals surface area contributed by atoms with E-state index in [-0.39, 0.29) is 12.0 Å². The predicted molar refractivity (Wildman–Crippen MR) is 74.3 cm³/mol. The van der Waals surface area contributed by atoms with Crippen molar-refractivity contribution < 1.29 is 9.53 Å². The van der Waals surface area contributed by atoms with E-state index in [1.165, 1.54) is 20.0 Å². The van der Waals surface area contributed by atoms with E-state index in [9.17, 15) is 4.79 Å². The quantitative estimate of drug-likeness (QED) is 0.820. The minimum absolute atomic E-state index is 0.247. The molecule has 0 amide bonds. The molecule has 1 aliphatic rings. The fraction of sp³-hybridized carbons (Fsp3) is 0.571. The molecule has 1 atom stereocenters. The molecule has 19 heavy (non-hydrogen) atoms. The lowest BCUT2D eigenvalue weighted by Gasteiger charge is -2.22. The van der Waals surface area contributed by atoms with Crippen molar-refractivity contribution in [1.82, 2.24) is 9.88 Å². The van der Waals surface area contributed by atoms with Crippen LogP contribution in [-0.4, -0.2) is 48.6 Å². The van der Waals surface area contributed by atoms with Crippen molar-refractivity contribution in [3.05, 3.63) is 23.9 Å². The van der Waals surface area contributed by atoms with E-state index in [1.807, 2.05) is 0 Å². The van der Waals surface area contributed by atoms with Crippen LogP contribution in [0.3, 0.4) is 0 Å². The van der Waals surface area contributed by atoms with E-state index >= 15 is 0 Å². The number of aromatic nitrogens is 1. The molecule has 5 heteroatoms. The lowest BCUT2D eigenvalue weighted by molar-refractivity contribution is 0.0601. The summed E-state index contributed by atoms with van der Waals surface area (Å²) >= 11 is 0. The van der Waals surface area contributed by atoms with Crippen LogP contribution in [0.4, 0.5) is 5.82 Å². The van der Waals surface area contributed by atoms with Gasteiger partial charge in [-0.2, -0.15) is 0 Å². The molecule has 1 N–H and O–H groups in total. The summed E-state index contributed by atoms with van der Waals surface area (Å²) in [5.41, 5.74) is 0.485. The van der Waals surface area contributed by atoms with Gasteiger partial charge in [-0.15, -0.1) is 0 Å². The number of methoxy groups -OCH3 is 1. The summed E-state index contributed by atoms with van der Waals surface area (Å²) in [4.78, 5) is 18.3. The molecule has 104 valence electrons. The highest BCUT2D eigenvalue weighted by Crippen LogP contribution is 2.15. The van der Waals surface area contributed by atoms with Gasteiger partial charge in [-0.3, -0.25) is 0 Å². The van der Waals surface area contributed by atoms with Gasteiger partial charge in [0.05, 0.1) is 7.11 Å². The van der Waals surface area contributed by atoms with E-state index in [1.54, 1.807) is 18.3 Å². The highest BCUT2D eigenvalue weighted by Gasteiger charge is 2.17. The minimum Gasteiger partial charge on any atom is -0.465 e. The largest absolute Gasteiger partial charge is 0.465 e. The molecule has 1 saturated heterocycles. The van der Waals surface area contributed by atoms with Gasteiger partial charge in [0, 0.05) is 18.8 Å². The summed E-state index contributed by atoms with van der Waals surface area (Å²) in [5.74, 6) is 0.241. The van der Waals surface area contributed by atoms with Crippen LogP contribution in [-0.2, 0) is 4.74 Å². The van der Waals surface area contributed by atoms with Gasteiger partial charge in [0.1, 0.15) is 11.4 Å². The SMILES string of the molecule is COC(=O)c1cccnc1NC(C)CN1CCCC1. The molecule has 0 saturated carbocycles. The molecular weight excluding hydrogens is 242 g/mol. The number of likely N-dealkylation sites (tertiary alicyclic amines) is 1. The molecule has 0 spiro atoms. The summed E-state index contributed by atoms with van der Waals surface area (Å²) in [6.45, 7) is 5.40. The first-order chi connectivity index (χ1) is 9.20. The van der Waals surface area contributed by atoms with E-state index < -0.39 is 0 Å². The highest BCUT2D eigenvalue weighted by molar-refractivity contribution is 5.94. The summed E-state index contributed by atoms with van der Waals surface area (Å²) in [6, 6.07) is 3.71. The minimum atomic E-state index is -0.357. The maximum Gasteiger partial charge on any atom is 0.341 e. The summed E-state index contributed by atoms with van der Waals surface area (Å²) in [7, 11) is 1.38. The zero-order chi connectivity index (χ0) is 13.7. The Morgan fingerprint density at radius 2 is 2.26 bits per heavy atom. The molecule has 1 unspecified atom stereocenters. The van der Waals surface area contributed by atoms with Crippen molar-refractivity contribution in [2.24, 2.45) is 0 Å². The van der Waals surface area contributed by atoms with Crippen molar-refractivity contribution in [2.45, 2.75) is 25.8 Å². The number of ether oxygens (including phenoxy) is 1. The third-order valence-corrected chi connectivity index (χ3v) is 3.33. The Morgan fingerprint density at radius 1 is 1.53 bits per heavy atom. The average molecular weight is 263 g/mol. The molecular formula is C14H21N3O2. The molecule has 2 heterocycles. The fourth-order valence-corrected chi connectivity index (χ4v) is 2.43. The first-order valence-electron chi connectivity index (χ1n) is 6.73. The van der Waals surface area contributed by atoms with Crippen LogP contribution in [0.1, 0.15) is 30.1 Å². The number of carbonyl (C=O) groups excluding carboxylic acids is 1. The van der Waals surface area contributed by atoms with Crippen molar-refractivity contribution in [1.29, 1.82) is 0 Å². The van der Waals surface area contributed by atoms with Gasteiger partial charge in [0.15, 0.2) is 0 Å². The van der Waals surface area contributed by atoms with Crippen LogP contribution in [0, 0.1) is 0 Å². The average Bonchev–Trinajstić information content (AvgIpc) is 2.91. The number of esters is 1. The van der Waals surface area contributed by atoms with Gasteiger partial charge in [-0.1, -0.05) is 0 Å². The van der Waals surface area contributed by atoms with Crippen LogP contribution in [0.15, 0.2) is 18.3 Å². The van der Waals surface area contributed by atoms with Crippen LogP contribution >= 0.6 is 0 Å². The van der Waals surface area contributed by atoms with Gasteiger partial charge < -0.3 is 15.0 Å². The predicted octanol–water partition coefficient (Wildman–Crippen LogP) is 1.76. The molecule has 1 aliphatic heterocycles. The molecule has 0 bridgehead atoms. The van der Waals surface area contributed by atoms with E-state index in [4.69, 9.17) is 4.74 Å². The Hall–Kier alpha value is -1.62. The number of anilines is 1. The lowest BCUT2D eigenvalue weighted by Crippen LogP contribution is -2.33. The lowest BCUT2D eigenvalue weighted by atomic mass is 10.2. The van der Waals surface area contributed by atoms with Crippen LogP contribution < -0.4 is 5.32 Å². The molecule has 0 radical (unpaired) electrons. The smallest absolute Gasteiger partial charge is 0.341 e. The van der Waals surface area contributed by atoms with Crippen LogP contribution in [0.2, 0.25) is 0 Å². The summed E-state index contributed by atoms with van der Waals surface area (Å²) in [6.07, 6.45) is 4.24. The Labute approximate surface area is 114 Å². The van der Waals surface area contributed by atoms with E-state index in [0.717, 1.165) is 19.6 Å². The number of rotatable bonds is 5. The third-order valence-electron chi connectivity index (χ3n) is 3.33. The second kappa shape index (κ2) is 6.52. The topological polar surface area (TPSA) is 54.5 Å². The fourth-order valence-electron chi connectivity index (χ4n) is 2.43. The molecule has 5 nitrogen and oxygen atoms in total. The monoisotopic (exact) mass is 263 g/mol. The van der Waals surface area contributed by atoms with Gasteiger partial charge >= 0.3 is 5.97 Å². The number of carbonyl (C=O) groups is 1. The second-order valence-electron chi connectivity index (χ2n) is 4.94. The third kappa shape index (κ3) is 3.67. The molecule has 2 rings (SSSR count). The Balaban J connectivity index is 1.99. The maximum absolute atomic E-state index is 11.6. The van der Waals surface area contributed by atoms with Crippen molar-refractivity contribution in [3.8, 4) is 0 Å². The Morgan fingerprint density at radius 3 is 2.95 bits per heavy atom. The molecule has 1 aromatic rings.